The van der Waals surface area contributed by atoms with Crippen molar-refractivity contribution in [3.05, 3.63) is 35.9 Å². The Labute approximate surface area is 117 Å². The van der Waals surface area contributed by atoms with Crippen molar-refractivity contribution in [1.29, 1.82) is 0 Å². The molecule has 0 fully saturated rings. The number of halogens is 1. The molecule has 3 heteroatoms. The number of nitrogens with zero attached hydrogens (tertiary/aromatic N) is 1. The van der Waals surface area contributed by atoms with Gasteiger partial charge >= 0.3 is 30.0 Å². The zero-order valence-corrected chi connectivity index (χ0v) is 15.3. The standard InChI is InChI=1S/C13H20N.BrH.Zn/c1-11(2)14(12(3)4)10-13-8-6-5-7-9-13;;/h5-6,8-9,11-12H,10H2,1-4H3;1H;/q-1;;+2/p-1. The molecule has 1 rings (SSSR count). The molecule has 1 nitrogen and oxygen atoms in total. The summed E-state index contributed by atoms with van der Waals surface area (Å²) in [6.07, 6.45) is 0. The van der Waals surface area contributed by atoms with Gasteiger partial charge in [0.25, 0.3) is 0 Å². The van der Waals surface area contributed by atoms with Crippen molar-refractivity contribution in [1.82, 2.24) is 4.90 Å². The third kappa shape index (κ3) is 6.13. The molecule has 0 spiro atoms. The van der Waals surface area contributed by atoms with E-state index in [2.05, 4.69) is 64.4 Å². The van der Waals surface area contributed by atoms with Crippen molar-refractivity contribution in [3.8, 4) is 0 Å². The van der Waals surface area contributed by atoms with Crippen LogP contribution in [0.15, 0.2) is 24.3 Å². The van der Waals surface area contributed by atoms with Crippen LogP contribution in [-0.2, 0) is 22.9 Å². The molecule has 0 amide bonds. The summed E-state index contributed by atoms with van der Waals surface area (Å²) >= 11 is 4.25. The number of hydrogen-bond acceptors (Lipinski definition) is 1. The second kappa shape index (κ2) is 9.33. The van der Waals surface area contributed by atoms with Gasteiger partial charge in [-0.1, -0.05) is 0 Å². The molecule has 0 bridgehead atoms. The predicted octanol–water partition coefficient (Wildman–Crippen LogP) is 3.95. The molecular weight excluding hydrogens is 315 g/mol. The first-order chi connectivity index (χ1) is 7.61. The van der Waals surface area contributed by atoms with Crippen LogP contribution in [-0.4, -0.2) is 17.0 Å². The Morgan fingerprint density at radius 2 is 1.81 bits per heavy atom. The molecule has 0 aliphatic heterocycles. The molecule has 0 radical (unpaired) electrons. The minimum atomic E-state index is 0.593. The first kappa shape index (κ1) is 16.3. The Hall–Kier alpha value is 0.283. The monoisotopic (exact) mass is 333 g/mol. The van der Waals surface area contributed by atoms with Gasteiger partial charge in [0.05, 0.1) is 0 Å². The van der Waals surface area contributed by atoms with Gasteiger partial charge in [0.1, 0.15) is 0 Å². The topological polar surface area (TPSA) is 3.24 Å². The van der Waals surface area contributed by atoms with Crippen molar-refractivity contribution >= 4 is 13.6 Å². The van der Waals surface area contributed by atoms with Crippen LogP contribution in [0, 0.1) is 6.07 Å². The number of benzene rings is 1. The van der Waals surface area contributed by atoms with Crippen molar-refractivity contribution in [3.63, 3.8) is 0 Å². The SMILES string of the molecule is CC(C)N(Cc1c[c-]ccc1)C(C)C.[Zn+][Br]. The van der Waals surface area contributed by atoms with E-state index in [4.69, 9.17) is 0 Å². The molecule has 0 saturated heterocycles. The molecule has 86 valence electrons. The molecule has 0 atom stereocenters. The summed E-state index contributed by atoms with van der Waals surface area (Å²) in [5.74, 6) is 0. The number of hydrogen-bond donors (Lipinski definition) is 0. The summed E-state index contributed by atoms with van der Waals surface area (Å²) in [5.41, 5.74) is 1.34. The minimum absolute atomic E-state index is 0.593. The molecular formula is C13H20BrNZn. The Kier molecular flexibility index (Phi) is 9.49. The van der Waals surface area contributed by atoms with Crippen molar-refractivity contribution < 1.29 is 16.3 Å². The first-order valence-corrected chi connectivity index (χ1v) is 12.5. The van der Waals surface area contributed by atoms with E-state index in [-0.39, 0.29) is 0 Å². The van der Waals surface area contributed by atoms with Crippen LogP contribution >= 0.6 is 13.6 Å². The molecule has 0 aliphatic carbocycles. The van der Waals surface area contributed by atoms with Crippen molar-refractivity contribution in [2.75, 3.05) is 0 Å². The molecule has 0 saturated carbocycles. The Bertz CT molecular complexity index is 254. The molecule has 0 unspecified atom stereocenters. The van der Waals surface area contributed by atoms with E-state index >= 15 is 0 Å². The summed E-state index contributed by atoms with van der Waals surface area (Å²) in [5, 5.41) is 0. The van der Waals surface area contributed by atoms with Gasteiger partial charge in [0, 0.05) is 12.1 Å². The van der Waals surface area contributed by atoms with Crippen LogP contribution in [0.25, 0.3) is 0 Å². The van der Waals surface area contributed by atoms with E-state index in [9.17, 15) is 0 Å². The van der Waals surface area contributed by atoms with Crippen LogP contribution < -0.4 is 0 Å². The quantitative estimate of drug-likeness (QED) is 0.595. The fourth-order valence-corrected chi connectivity index (χ4v) is 1.70. The molecule has 0 aromatic heterocycles. The van der Waals surface area contributed by atoms with Crippen molar-refractivity contribution in [2.24, 2.45) is 0 Å². The molecule has 16 heavy (non-hydrogen) atoms. The molecule has 1 aromatic rings. The first-order valence-electron chi connectivity index (χ1n) is 5.58. The summed E-state index contributed by atoms with van der Waals surface area (Å²) in [6.45, 7) is 9.99. The Balaban J connectivity index is 0.00000106. The summed E-state index contributed by atoms with van der Waals surface area (Å²) < 4.78 is 0. The summed E-state index contributed by atoms with van der Waals surface area (Å²) in [7, 11) is 0. The Morgan fingerprint density at radius 3 is 2.19 bits per heavy atom. The van der Waals surface area contributed by atoms with Gasteiger partial charge in [-0.05, 0) is 34.2 Å². The normalized spacial score (nSPS) is 10.6. The molecule has 0 N–H and O–H groups in total. The predicted molar refractivity (Wildman–Crippen MR) is 70.0 cm³/mol. The van der Waals surface area contributed by atoms with E-state index in [0.29, 0.717) is 12.1 Å². The van der Waals surface area contributed by atoms with Gasteiger partial charge in [-0.2, -0.15) is 30.3 Å². The molecule has 0 heterocycles. The zero-order valence-electron chi connectivity index (χ0n) is 10.7. The molecule has 1 aromatic carbocycles. The average Bonchev–Trinajstić information content (AvgIpc) is 2.29. The maximum absolute atomic E-state index is 3.12. The average molecular weight is 336 g/mol. The van der Waals surface area contributed by atoms with Gasteiger partial charge in [-0.15, -0.1) is 5.56 Å². The summed E-state index contributed by atoms with van der Waals surface area (Å²) in [4.78, 5) is 2.48. The van der Waals surface area contributed by atoms with E-state index < -0.39 is 0 Å². The third-order valence-corrected chi connectivity index (χ3v) is 2.46. The van der Waals surface area contributed by atoms with Gasteiger partial charge in [0.15, 0.2) is 0 Å². The Morgan fingerprint density at radius 1 is 1.25 bits per heavy atom. The van der Waals surface area contributed by atoms with E-state index in [1.807, 2.05) is 12.1 Å². The third-order valence-electron chi connectivity index (χ3n) is 2.46. The van der Waals surface area contributed by atoms with Gasteiger partial charge in [0.2, 0.25) is 0 Å². The maximum atomic E-state index is 3.12. The van der Waals surface area contributed by atoms with E-state index in [1.54, 1.807) is 0 Å². The van der Waals surface area contributed by atoms with Crippen LogP contribution in [0.3, 0.4) is 0 Å². The second-order valence-corrected chi connectivity index (χ2v) is 4.27. The van der Waals surface area contributed by atoms with E-state index in [1.165, 1.54) is 21.9 Å². The van der Waals surface area contributed by atoms with Crippen molar-refractivity contribution in [2.45, 2.75) is 46.3 Å². The van der Waals surface area contributed by atoms with Gasteiger partial charge < -0.3 is 4.90 Å². The van der Waals surface area contributed by atoms with Crippen LogP contribution in [0.2, 0.25) is 0 Å². The van der Waals surface area contributed by atoms with E-state index in [0.717, 1.165) is 6.54 Å². The fourth-order valence-electron chi connectivity index (χ4n) is 1.70. The summed E-state index contributed by atoms with van der Waals surface area (Å²) in [6, 6.07) is 12.5. The van der Waals surface area contributed by atoms with Gasteiger partial charge in [-0.25, -0.2) is 0 Å². The van der Waals surface area contributed by atoms with Gasteiger partial charge in [-0.3, -0.25) is 0 Å². The van der Waals surface area contributed by atoms with Crippen LogP contribution in [0.1, 0.15) is 33.3 Å². The number of rotatable bonds is 4. The van der Waals surface area contributed by atoms with Crippen LogP contribution in [0.5, 0.6) is 0 Å². The van der Waals surface area contributed by atoms with Crippen LogP contribution in [0.4, 0.5) is 0 Å². The zero-order chi connectivity index (χ0) is 12.6. The molecule has 0 aliphatic rings. The second-order valence-electron chi connectivity index (χ2n) is 4.27. The fraction of sp³-hybridized carbons (Fsp3) is 0.538.